The summed E-state index contributed by atoms with van der Waals surface area (Å²) in [7, 11) is 0. The Morgan fingerprint density at radius 1 is 1.67 bits per heavy atom. The van der Waals surface area contributed by atoms with E-state index in [0.717, 1.165) is 0 Å². The van der Waals surface area contributed by atoms with E-state index in [1.54, 1.807) is 0 Å². The number of rotatable bonds is 1. The Labute approximate surface area is 59.5 Å². The second kappa shape index (κ2) is 2.03. The normalized spacial score (nSPS) is 39.4. The lowest BCUT2D eigenvalue weighted by atomic mass is 10.1. The van der Waals surface area contributed by atoms with Gasteiger partial charge >= 0.3 is 0 Å². The van der Waals surface area contributed by atoms with Gasteiger partial charge in [0.1, 0.15) is 0 Å². The summed E-state index contributed by atoms with van der Waals surface area (Å²) in [5, 5.41) is 0. The van der Waals surface area contributed by atoms with Crippen LogP contribution in [0.25, 0.3) is 0 Å². The smallest absolute Gasteiger partial charge is 0.0889 e. The van der Waals surface area contributed by atoms with E-state index in [1.165, 1.54) is 17.7 Å². The molecule has 1 fully saturated rings. The minimum atomic E-state index is 0.470. The van der Waals surface area contributed by atoms with Crippen LogP contribution in [0, 0.1) is 0 Å². The van der Waals surface area contributed by atoms with Crippen LogP contribution in [-0.4, -0.2) is 18.5 Å². The highest BCUT2D eigenvalue weighted by molar-refractivity contribution is 8.02. The van der Waals surface area contributed by atoms with E-state index in [4.69, 9.17) is 4.74 Å². The first-order chi connectivity index (χ1) is 4.40. The number of ether oxygens (including phenoxy) is 1. The largest absolute Gasteiger partial charge is 0.366 e. The van der Waals surface area contributed by atoms with Gasteiger partial charge in [0.2, 0.25) is 0 Å². The lowest BCUT2D eigenvalue weighted by Gasteiger charge is -2.05. The Morgan fingerprint density at radius 2 is 2.56 bits per heavy atom. The van der Waals surface area contributed by atoms with Gasteiger partial charge in [-0.2, -0.15) is 0 Å². The second-order valence-electron chi connectivity index (χ2n) is 2.51. The van der Waals surface area contributed by atoms with Crippen LogP contribution in [-0.2, 0) is 4.74 Å². The Bertz CT molecular complexity index is 153. The van der Waals surface area contributed by atoms with Crippen LogP contribution in [0.5, 0.6) is 0 Å². The van der Waals surface area contributed by atoms with Crippen molar-refractivity contribution in [1.29, 1.82) is 0 Å². The van der Waals surface area contributed by atoms with Crippen molar-refractivity contribution in [2.75, 3.05) is 6.26 Å². The molecule has 2 bridgehead atoms. The highest BCUT2D eigenvalue weighted by Crippen LogP contribution is 2.37. The van der Waals surface area contributed by atoms with Crippen molar-refractivity contribution in [2.45, 2.75) is 25.0 Å². The first-order valence-electron chi connectivity index (χ1n) is 3.31. The van der Waals surface area contributed by atoms with Crippen LogP contribution < -0.4 is 0 Å². The molecule has 0 amide bonds. The minimum Gasteiger partial charge on any atom is -0.366 e. The van der Waals surface area contributed by atoms with Crippen molar-refractivity contribution in [1.82, 2.24) is 0 Å². The summed E-state index contributed by atoms with van der Waals surface area (Å²) in [6.45, 7) is 0. The van der Waals surface area contributed by atoms with Gasteiger partial charge in [0.25, 0.3) is 0 Å². The molecule has 0 N–H and O–H groups in total. The van der Waals surface area contributed by atoms with Gasteiger partial charge < -0.3 is 4.74 Å². The van der Waals surface area contributed by atoms with E-state index >= 15 is 0 Å². The van der Waals surface area contributed by atoms with Crippen molar-refractivity contribution in [3.63, 3.8) is 0 Å². The average Bonchev–Trinajstić information content (AvgIpc) is 2.45. The molecule has 2 rings (SSSR count). The molecule has 2 atom stereocenters. The van der Waals surface area contributed by atoms with Gasteiger partial charge in [-0.3, -0.25) is 0 Å². The molecular weight excluding hydrogens is 132 g/mol. The van der Waals surface area contributed by atoms with Gasteiger partial charge in [0.05, 0.1) is 12.2 Å². The summed E-state index contributed by atoms with van der Waals surface area (Å²) < 4.78 is 5.56. The van der Waals surface area contributed by atoms with Crippen LogP contribution in [0.1, 0.15) is 12.8 Å². The van der Waals surface area contributed by atoms with Gasteiger partial charge in [-0.25, -0.2) is 0 Å². The SMILES string of the molecule is CSC1=CC2CCC1O2. The van der Waals surface area contributed by atoms with Crippen LogP contribution in [0.3, 0.4) is 0 Å². The van der Waals surface area contributed by atoms with Crippen LogP contribution in [0.2, 0.25) is 0 Å². The van der Waals surface area contributed by atoms with Crippen molar-refractivity contribution in [3.8, 4) is 0 Å². The maximum atomic E-state index is 5.56. The monoisotopic (exact) mass is 142 g/mol. The molecule has 9 heavy (non-hydrogen) atoms. The van der Waals surface area contributed by atoms with Crippen molar-refractivity contribution < 1.29 is 4.74 Å². The molecule has 2 unspecified atom stereocenters. The molecule has 50 valence electrons. The number of thioether (sulfide) groups is 1. The summed E-state index contributed by atoms with van der Waals surface area (Å²) >= 11 is 1.83. The molecule has 0 aliphatic carbocycles. The van der Waals surface area contributed by atoms with E-state index in [1.807, 2.05) is 11.8 Å². The molecule has 1 saturated heterocycles. The predicted octanol–water partition coefficient (Wildman–Crippen LogP) is 1.79. The quantitative estimate of drug-likeness (QED) is 0.552. The molecule has 0 aromatic rings. The van der Waals surface area contributed by atoms with Crippen LogP contribution in [0.15, 0.2) is 11.0 Å². The van der Waals surface area contributed by atoms with E-state index in [-0.39, 0.29) is 0 Å². The van der Waals surface area contributed by atoms with Gasteiger partial charge in [0.15, 0.2) is 0 Å². The molecule has 2 aliphatic heterocycles. The zero-order valence-corrected chi connectivity index (χ0v) is 6.28. The fraction of sp³-hybridized carbons (Fsp3) is 0.714. The molecule has 2 aliphatic rings. The zero-order valence-electron chi connectivity index (χ0n) is 5.46. The fourth-order valence-electron chi connectivity index (χ4n) is 1.48. The highest BCUT2D eigenvalue weighted by atomic mass is 32.2. The van der Waals surface area contributed by atoms with Crippen LogP contribution in [0.4, 0.5) is 0 Å². The summed E-state index contributed by atoms with van der Waals surface area (Å²) in [6.07, 6.45) is 7.82. The Kier molecular flexibility index (Phi) is 1.31. The molecule has 0 saturated carbocycles. The second-order valence-corrected chi connectivity index (χ2v) is 3.39. The number of fused-ring (bicyclic) bond motifs is 2. The average molecular weight is 142 g/mol. The maximum Gasteiger partial charge on any atom is 0.0889 e. The highest BCUT2D eigenvalue weighted by Gasteiger charge is 2.32. The molecular formula is C7H10OS. The molecule has 0 radical (unpaired) electrons. The summed E-state index contributed by atoms with van der Waals surface area (Å²) in [6, 6.07) is 0. The number of hydrogen-bond donors (Lipinski definition) is 0. The number of hydrogen-bond acceptors (Lipinski definition) is 2. The summed E-state index contributed by atoms with van der Waals surface area (Å²) in [4.78, 5) is 1.45. The molecule has 0 spiro atoms. The van der Waals surface area contributed by atoms with Gasteiger partial charge in [-0.1, -0.05) is 0 Å². The van der Waals surface area contributed by atoms with Crippen LogP contribution >= 0.6 is 11.8 Å². The standard InChI is InChI=1S/C7H10OS/c1-9-7-4-5-2-3-6(7)8-5/h4-6H,2-3H2,1H3. The predicted molar refractivity (Wildman–Crippen MR) is 39.5 cm³/mol. The van der Waals surface area contributed by atoms with Gasteiger partial charge in [-0.05, 0) is 25.2 Å². The van der Waals surface area contributed by atoms with Gasteiger partial charge in [-0.15, -0.1) is 11.8 Å². The van der Waals surface area contributed by atoms with E-state index < -0.39 is 0 Å². The molecule has 1 nitrogen and oxygen atoms in total. The van der Waals surface area contributed by atoms with E-state index in [9.17, 15) is 0 Å². The molecule has 0 aromatic carbocycles. The molecule has 2 heterocycles. The lowest BCUT2D eigenvalue weighted by molar-refractivity contribution is 0.119. The Morgan fingerprint density at radius 3 is 2.89 bits per heavy atom. The summed E-state index contributed by atoms with van der Waals surface area (Å²) in [5.41, 5.74) is 0. The first-order valence-corrected chi connectivity index (χ1v) is 4.54. The summed E-state index contributed by atoms with van der Waals surface area (Å²) in [5.74, 6) is 0. The zero-order chi connectivity index (χ0) is 6.27. The van der Waals surface area contributed by atoms with Crippen molar-refractivity contribution in [3.05, 3.63) is 11.0 Å². The third kappa shape index (κ3) is 0.812. The van der Waals surface area contributed by atoms with Crippen molar-refractivity contribution in [2.24, 2.45) is 0 Å². The third-order valence-corrected chi connectivity index (χ3v) is 2.83. The fourth-order valence-corrected chi connectivity index (χ4v) is 2.21. The minimum absolute atomic E-state index is 0.470. The third-order valence-electron chi connectivity index (χ3n) is 1.96. The van der Waals surface area contributed by atoms with E-state index in [0.29, 0.717) is 12.2 Å². The maximum absolute atomic E-state index is 5.56. The lowest BCUT2D eigenvalue weighted by Crippen LogP contribution is -2.00. The topological polar surface area (TPSA) is 9.23 Å². The van der Waals surface area contributed by atoms with E-state index in [2.05, 4.69) is 12.3 Å². The molecule has 0 aromatic heterocycles. The first kappa shape index (κ1) is 5.81. The van der Waals surface area contributed by atoms with Crippen molar-refractivity contribution >= 4 is 11.8 Å². The Hall–Kier alpha value is 0.0500. The Balaban J connectivity index is 2.18. The van der Waals surface area contributed by atoms with Gasteiger partial charge in [0, 0.05) is 4.91 Å². The molecule has 2 heteroatoms.